The summed E-state index contributed by atoms with van der Waals surface area (Å²) in [6.45, 7) is 6.70. The molecule has 0 aliphatic heterocycles. The average molecular weight is 328 g/mol. The second kappa shape index (κ2) is 10.2. The van der Waals surface area contributed by atoms with Crippen molar-refractivity contribution in [1.82, 2.24) is 4.90 Å². The van der Waals surface area contributed by atoms with Crippen molar-refractivity contribution in [2.24, 2.45) is 0 Å². The molecule has 0 spiro atoms. The number of benzene rings is 1. The third-order valence-electron chi connectivity index (χ3n) is 3.56. The first-order chi connectivity index (χ1) is 11.6. The largest absolute Gasteiger partial charge is 0.490 e. The summed E-state index contributed by atoms with van der Waals surface area (Å²) in [7, 11) is 0. The Hall–Kier alpha value is -2.66. The Morgan fingerprint density at radius 3 is 2.67 bits per heavy atom. The fourth-order valence-electron chi connectivity index (χ4n) is 2.35. The van der Waals surface area contributed by atoms with Crippen molar-refractivity contribution in [3.05, 3.63) is 23.8 Å². The van der Waals surface area contributed by atoms with Crippen LogP contribution in [-0.4, -0.2) is 36.6 Å². The van der Waals surface area contributed by atoms with E-state index in [1.165, 1.54) is 0 Å². The molecular weight excluding hydrogens is 304 g/mol. The molecule has 0 aliphatic rings. The molecule has 1 aromatic carbocycles. The van der Waals surface area contributed by atoms with Gasteiger partial charge in [0.2, 0.25) is 5.91 Å². The van der Waals surface area contributed by atoms with Crippen molar-refractivity contribution in [3.63, 3.8) is 0 Å². The van der Waals surface area contributed by atoms with E-state index in [0.717, 1.165) is 5.56 Å². The lowest BCUT2D eigenvalue weighted by atomic mass is 10.1. The van der Waals surface area contributed by atoms with Crippen LogP contribution in [0.5, 0.6) is 11.5 Å². The number of carbonyl (C=O) groups is 1. The molecule has 0 fully saturated rings. The van der Waals surface area contributed by atoms with Crippen LogP contribution in [0.15, 0.2) is 18.2 Å². The predicted octanol–water partition coefficient (Wildman–Crippen LogP) is 2.79. The van der Waals surface area contributed by atoms with Gasteiger partial charge in [0.25, 0.3) is 0 Å². The van der Waals surface area contributed by atoms with Gasteiger partial charge >= 0.3 is 0 Å². The molecule has 5 heteroatoms. The quantitative estimate of drug-likeness (QED) is 0.654. The van der Waals surface area contributed by atoms with E-state index in [1.807, 2.05) is 26.0 Å². The Bertz CT molecular complexity index is 628. The number of hydrogen-bond acceptors (Lipinski definition) is 4. The van der Waals surface area contributed by atoms with Crippen molar-refractivity contribution in [3.8, 4) is 29.9 Å². The van der Waals surface area contributed by atoms with Gasteiger partial charge in [0.15, 0.2) is 11.5 Å². The molecule has 1 rings (SSSR count). The second-order valence-electron chi connectivity index (χ2n) is 5.19. The standard InChI is InChI=1S/C19H24N2O3/c1-5-12-24-17-10-8-16(13-18(17)23-7-3)9-11-19(22)21(6-2)15(4)14-20/h1,8,10,13,15H,6-7,9,11-12H2,2-4H3. The lowest BCUT2D eigenvalue weighted by molar-refractivity contribution is -0.131. The summed E-state index contributed by atoms with van der Waals surface area (Å²) in [6, 6.07) is 7.25. The fourth-order valence-corrected chi connectivity index (χ4v) is 2.35. The highest BCUT2D eigenvalue weighted by Crippen LogP contribution is 2.29. The van der Waals surface area contributed by atoms with Crippen LogP contribution in [0.3, 0.4) is 0 Å². The van der Waals surface area contributed by atoms with Gasteiger partial charge in [-0.2, -0.15) is 5.26 Å². The van der Waals surface area contributed by atoms with Crippen LogP contribution < -0.4 is 9.47 Å². The average Bonchev–Trinajstić information content (AvgIpc) is 2.59. The molecule has 0 bridgehead atoms. The number of aryl methyl sites for hydroxylation is 1. The van der Waals surface area contributed by atoms with Crippen LogP contribution in [0.2, 0.25) is 0 Å². The summed E-state index contributed by atoms with van der Waals surface area (Å²) < 4.78 is 11.0. The maximum Gasteiger partial charge on any atom is 0.223 e. The Kier molecular flexibility index (Phi) is 8.22. The molecule has 24 heavy (non-hydrogen) atoms. The van der Waals surface area contributed by atoms with Crippen molar-refractivity contribution >= 4 is 5.91 Å². The van der Waals surface area contributed by atoms with E-state index in [0.29, 0.717) is 37.5 Å². The molecule has 0 heterocycles. The number of rotatable bonds is 9. The fraction of sp³-hybridized carbons (Fsp3) is 0.474. The second-order valence-corrected chi connectivity index (χ2v) is 5.19. The van der Waals surface area contributed by atoms with Crippen molar-refractivity contribution in [2.45, 2.75) is 39.7 Å². The number of ether oxygens (including phenoxy) is 2. The summed E-state index contributed by atoms with van der Waals surface area (Å²) in [5.41, 5.74) is 0.973. The molecule has 0 aliphatic carbocycles. The minimum Gasteiger partial charge on any atom is -0.490 e. The molecule has 1 unspecified atom stereocenters. The first kappa shape index (κ1) is 19.4. The van der Waals surface area contributed by atoms with Crippen LogP contribution >= 0.6 is 0 Å². The number of carbonyl (C=O) groups excluding carboxylic acids is 1. The van der Waals surface area contributed by atoms with E-state index in [2.05, 4.69) is 12.0 Å². The van der Waals surface area contributed by atoms with Gasteiger partial charge in [-0.25, -0.2) is 0 Å². The zero-order valence-electron chi connectivity index (χ0n) is 14.5. The highest BCUT2D eigenvalue weighted by atomic mass is 16.5. The maximum atomic E-state index is 12.3. The van der Waals surface area contributed by atoms with Crippen LogP contribution in [0, 0.1) is 23.7 Å². The molecule has 128 valence electrons. The monoisotopic (exact) mass is 328 g/mol. The number of hydrogen-bond donors (Lipinski definition) is 0. The summed E-state index contributed by atoms with van der Waals surface area (Å²) in [4.78, 5) is 13.8. The summed E-state index contributed by atoms with van der Waals surface area (Å²) in [5, 5.41) is 8.98. The van der Waals surface area contributed by atoms with Gasteiger partial charge in [-0.1, -0.05) is 12.0 Å². The first-order valence-electron chi connectivity index (χ1n) is 8.08. The van der Waals surface area contributed by atoms with Gasteiger partial charge in [0, 0.05) is 13.0 Å². The van der Waals surface area contributed by atoms with Gasteiger partial charge in [-0.3, -0.25) is 4.79 Å². The molecule has 0 saturated heterocycles. The number of amides is 1. The predicted molar refractivity (Wildman–Crippen MR) is 92.7 cm³/mol. The minimum atomic E-state index is -0.416. The highest BCUT2D eigenvalue weighted by molar-refractivity contribution is 5.77. The molecule has 5 nitrogen and oxygen atoms in total. The van der Waals surface area contributed by atoms with Gasteiger partial charge in [-0.05, 0) is 44.9 Å². The number of nitrogens with zero attached hydrogens (tertiary/aromatic N) is 2. The zero-order valence-corrected chi connectivity index (χ0v) is 14.5. The SMILES string of the molecule is C#CCOc1ccc(CCC(=O)N(CC)C(C)C#N)cc1OCC. The molecule has 0 N–H and O–H groups in total. The van der Waals surface area contributed by atoms with Crippen LogP contribution in [-0.2, 0) is 11.2 Å². The summed E-state index contributed by atoms with van der Waals surface area (Å²) >= 11 is 0. The van der Waals surface area contributed by atoms with Gasteiger partial charge in [-0.15, -0.1) is 6.42 Å². The Morgan fingerprint density at radius 1 is 1.33 bits per heavy atom. The van der Waals surface area contributed by atoms with E-state index in [1.54, 1.807) is 17.9 Å². The molecule has 0 saturated carbocycles. The van der Waals surface area contributed by atoms with Crippen molar-refractivity contribution in [1.29, 1.82) is 5.26 Å². The van der Waals surface area contributed by atoms with E-state index in [-0.39, 0.29) is 12.5 Å². The third-order valence-corrected chi connectivity index (χ3v) is 3.56. The first-order valence-corrected chi connectivity index (χ1v) is 8.08. The molecular formula is C19H24N2O3. The van der Waals surface area contributed by atoms with Crippen LogP contribution in [0.1, 0.15) is 32.8 Å². The lowest BCUT2D eigenvalue weighted by Crippen LogP contribution is -2.37. The Morgan fingerprint density at radius 2 is 2.08 bits per heavy atom. The van der Waals surface area contributed by atoms with Crippen molar-refractivity contribution < 1.29 is 14.3 Å². The zero-order chi connectivity index (χ0) is 17.9. The number of nitriles is 1. The molecule has 1 aromatic rings. The third kappa shape index (κ3) is 5.52. The van der Waals surface area contributed by atoms with Crippen molar-refractivity contribution in [2.75, 3.05) is 19.8 Å². The lowest BCUT2D eigenvalue weighted by Gasteiger charge is -2.23. The van der Waals surface area contributed by atoms with E-state index in [4.69, 9.17) is 21.2 Å². The smallest absolute Gasteiger partial charge is 0.223 e. The highest BCUT2D eigenvalue weighted by Gasteiger charge is 2.17. The topological polar surface area (TPSA) is 62.6 Å². The van der Waals surface area contributed by atoms with Crippen LogP contribution in [0.4, 0.5) is 0 Å². The van der Waals surface area contributed by atoms with Crippen LogP contribution in [0.25, 0.3) is 0 Å². The molecule has 0 aromatic heterocycles. The molecule has 1 amide bonds. The van der Waals surface area contributed by atoms with E-state index >= 15 is 0 Å². The maximum absolute atomic E-state index is 12.3. The van der Waals surface area contributed by atoms with Gasteiger partial charge in [0.1, 0.15) is 12.6 Å². The normalized spacial score (nSPS) is 11.0. The molecule has 0 radical (unpaired) electrons. The Labute approximate surface area is 144 Å². The number of terminal acetylenes is 1. The molecule has 1 atom stereocenters. The summed E-state index contributed by atoms with van der Waals surface area (Å²) in [6.07, 6.45) is 6.12. The van der Waals surface area contributed by atoms with E-state index in [9.17, 15) is 4.79 Å². The summed E-state index contributed by atoms with van der Waals surface area (Å²) in [5.74, 6) is 3.61. The van der Waals surface area contributed by atoms with Gasteiger partial charge in [0.05, 0.1) is 12.7 Å². The minimum absolute atomic E-state index is 0.0304. The Balaban J connectivity index is 2.77. The van der Waals surface area contributed by atoms with E-state index < -0.39 is 6.04 Å². The van der Waals surface area contributed by atoms with Gasteiger partial charge < -0.3 is 14.4 Å².